The second-order valence-corrected chi connectivity index (χ2v) is 32.9. The molecule has 602 valence electrons. The van der Waals surface area contributed by atoms with Crippen molar-refractivity contribution in [2.24, 2.45) is 0 Å². The van der Waals surface area contributed by atoms with Gasteiger partial charge in [0, 0.05) is 70.3 Å². The summed E-state index contributed by atoms with van der Waals surface area (Å²) in [6.45, 7) is 0. The van der Waals surface area contributed by atoms with Crippen molar-refractivity contribution in [2.45, 2.75) is 0 Å². The molecule has 25 rings (SSSR count). The van der Waals surface area contributed by atoms with E-state index in [4.69, 9.17) is 64.6 Å². The molecule has 127 heavy (non-hydrogen) atoms. The predicted molar refractivity (Wildman–Crippen MR) is 524 cm³/mol. The first-order valence-corrected chi connectivity index (χ1v) is 43.5. The highest BCUT2D eigenvalue weighted by Crippen LogP contribution is 2.46. The van der Waals surface area contributed by atoms with Crippen LogP contribution in [0.2, 0.25) is 21.1 Å². The van der Waals surface area contributed by atoms with E-state index in [1.807, 2.05) is 140 Å². The molecule has 0 aliphatic carbocycles. The number of rotatable bonds is 10. The fourth-order valence-electron chi connectivity index (χ4n) is 17.3. The van der Waals surface area contributed by atoms with Gasteiger partial charge < -0.3 is 17.8 Å². The van der Waals surface area contributed by atoms with Crippen LogP contribution in [0.4, 0.5) is 0 Å². The minimum Gasteiger partial charge on any atom is -0.438 e. The molecule has 0 radical (unpaired) electrons. The number of para-hydroxylation sites is 3. The van der Waals surface area contributed by atoms with Crippen molar-refractivity contribution in [2.75, 3.05) is 0 Å². The zero-order chi connectivity index (χ0) is 85.0. The van der Waals surface area contributed by atoms with Crippen LogP contribution in [0.5, 0.6) is 0 Å². The molecule has 0 amide bonds. The average molecular weight is 1730 g/mol. The van der Waals surface area contributed by atoms with E-state index in [1.165, 1.54) is 49.7 Å². The van der Waals surface area contributed by atoms with Gasteiger partial charge in [0.05, 0.1) is 50.0 Å². The Morgan fingerprint density at radius 3 is 1.07 bits per heavy atom. The number of fused-ring (bicyclic) bond motifs is 16. The first kappa shape index (κ1) is 77.7. The van der Waals surface area contributed by atoms with Gasteiger partial charge in [0.25, 0.3) is 0 Å². The highest BCUT2D eigenvalue weighted by molar-refractivity contribution is 7.25. The van der Waals surface area contributed by atoms with Crippen LogP contribution in [0.3, 0.4) is 0 Å². The molecule has 0 atom stereocenters. The third-order valence-electron chi connectivity index (χ3n) is 23.0. The number of hydrogen-bond acceptors (Lipinski definition) is 12. The number of halogens is 4. The van der Waals surface area contributed by atoms with Gasteiger partial charge in [-0.05, 0) is 161 Å². The Hall–Kier alpha value is -15.3. The van der Waals surface area contributed by atoms with Crippen LogP contribution in [0, 0.1) is 0 Å². The summed E-state index contributed by atoms with van der Waals surface area (Å²) in [5.41, 5.74) is 26.2. The molecule has 16 aromatic carbocycles. The molecule has 0 N–H and O–H groups in total. The number of nitrogens with zero attached hydrogens (tertiary/aromatic N) is 9. The molecule has 0 aliphatic rings. The van der Waals surface area contributed by atoms with Gasteiger partial charge >= 0.3 is 0 Å². The lowest BCUT2D eigenvalue weighted by Gasteiger charge is -2.14. The van der Waals surface area contributed by atoms with E-state index in [9.17, 15) is 0 Å². The molecule has 0 saturated heterocycles. The normalized spacial score (nSPS) is 11.5. The van der Waals surface area contributed by atoms with Crippen LogP contribution in [0.15, 0.2) is 408 Å². The van der Waals surface area contributed by atoms with Gasteiger partial charge in [-0.15, -0.1) is 11.3 Å². The Kier molecular flexibility index (Phi) is 20.4. The Bertz CT molecular complexity index is 8390. The SMILES string of the molecule is Clc1nc(-c2ccc(-c3ccccc3)cc2)c2c(n1)oc1ccccc12.Clc1nc(-c2cccc(-n3c4cc(-c5ccccc5-c5ccccc5)ccc4c4ccc(-c5ccccc5-c5ccccc5)cc43)c2)c2c(n1)sc1ccccc12.Clc1nc(-c2cccc3ccccc23)c2c(n1)oc1ccccc12.Clc1nc(-c2ccccc2)c2c(n1)oc1ccccc12. The van der Waals surface area contributed by atoms with Crippen LogP contribution in [-0.2, 0) is 0 Å². The van der Waals surface area contributed by atoms with Crippen LogP contribution in [0.1, 0.15) is 0 Å². The van der Waals surface area contributed by atoms with Gasteiger partial charge in [-0.25, -0.2) is 24.9 Å². The fourth-order valence-corrected chi connectivity index (χ4v) is 19.1. The molecule has 9 aromatic heterocycles. The summed E-state index contributed by atoms with van der Waals surface area (Å²) < 4.78 is 21.1. The van der Waals surface area contributed by atoms with Crippen molar-refractivity contribution in [3.05, 3.63) is 415 Å². The largest absolute Gasteiger partial charge is 0.438 e. The van der Waals surface area contributed by atoms with E-state index in [1.54, 1.807) is 11.3 Å². The zero-order valence-electron chi connectivity index (χ0n) is 67.2. The number of benzene rings is 16. The molecule has 0 unspecified atom stereocenters. The molecule has 0 aliphatic heterocycles. The Balaban J connectivity index is 0.000000112. The second kappa shape index (κ2) is 33.4. The molecule has 12 nitrogen and oxygen atoms in total. The molecule has 0 saturated carbocycles. The van der Waals surface area contributed by atoms with Gasteiger partial charge in [-0.2, -0.15) is 15.0 Å². The van der Waals surface area contributed by atoms with Crippen molar-refractivity contribution in [1.82, 2.24) is 44.4 Å². The molecule has 0 spiro atoms. The first-order chi connectivity index (χ1) is 62.6. The third-order valence-corrected chi connectivity index (χ3v) is 24.7. The molecule has 9 heterocycles. The quantitative estimate of drug-likeness (QED) is 0.121. The monoisotopic (exact) mass is 1730 g/mol. The average Bonchev–Trinajstić information content (AvgIpc) is 1.56. The van der Waals surface area contributed by atoms with Crippen molar-refractivity contribution in [3.63, 3.8) is 0 Å². The third kappa shape index (κ3) is 14.8. The zero-order valence-corrected chi connectivity index (χ0v) is 71.0. The summed E-state index contributed by atoms with van der Waals surface area (Å²) in [4.78, 5) is 36.5. The number of furan rings is 3. The van der Waals surface area contributed by atoms with E-state index in [-0.39, 0.29) is 21.1 Å². The van der Waals surface area contributed by atoms with Crippen LogP contribution >= 0.6 is 57.7 Å². The maximum absolute atomic E-state index is 6.64. The minimum atomic E-state index is 0.179. The molecular formula is C110H65Cl4N9O3S. The number of thiophene rings is 1. The van der Waals surface area contributed by atoms with Crippen LogP contribution < -0.4 is 0 Å². The van der Waals surface area contributed by atoms with E-state index < -0.39 is 0 Å². The van der Waals surface area contributed by atoms with E-state index in [0.717, 1.165) is 159 Å². The summed E-state index contributed by atoms with van der Waals surface area (Å²) >= 11 is 26.6. The Morgan fingerprint density at radius 1 is 0.220 bits per heavy atom. The van der Waals surface area contributed by atoms with Crippen molar-refractivity contribution in [3.8, 4) is 106 Å². The summed E-state index contributed by atoms with van der Waals surface area (Å²) in [5, 5.41) is 13.3. The minimum absolute atomic E-state index is 0.179. The van der Waals surface area contributed by atoms with Crippen LogP contribution in [0.25, 0.3) is 225 Å². The lowest BCUT2D eigenvalue weighted by Crippen LogP contribution is -1.96. The highest BCUT2D eigenvalue weighted by Gasteiger charge is 2.25. The highest BCUT2D eigenvalue weighted by atomic mass is 35.5. The molecular weight excluding hydrogens is 1670 g/mol. The Morgan fingerprint density at radius 2 is 0.559 bits per heavy atom. The second-order valence-electron chi connectivity index (χ2n) is 30.5. The standard InChI is InChI=1S/C52H32ClN3S.C22H13ClN2O.C20H11ClN2O.C16H9ClN2O/c53-52-54-50(49-45-24-11-12-25-48(45)57-51(49)55-52)37-18-13-19-38(30-37)56-46-31-35(41-22-9-7-20-39(41)33-14-3-1-4-15-33)26-28-43(46)44-29-27-36(32-47(44)56)42-23-10-8-21-40(42)34-16-5-2-6-17-34;23-22-24-20(19-17-8-4-5-9-18(17)26-21(19)25-22)16-12-10-15(11-13-16)14-6-2-1-3-7-14;21-20-22-18(14-10-5-7-12-6-1-2-8-13(12)14)17-15-9-3-4-11-16(15)24-19(17)23-20;17-16-18-14(10-6-2-1-3-7-10)13-11-8-4-5-9-12(11)20-15(13)19-16/h1-32H;1-13H;1-11H;1-9H. The Labute approximate surface area is 750 Å². The van der Waals surface area contributed by atoms with E-state index in [0.29, 0.717) is 17.1 Å². The summed E-state index contributed by atoms with van der Waals surface area (Å²) in [7, 11) is 0. The summed E-state index contributed by atoms with van der Waals surface area (Å²) in [5.74, 6) is 0. The van der Waals surface area contributed by atoms with Gasteiger partial charge in [-0.3, -0.25) is 0 Å². The molecule has 25 aromatic rings. The number of hydrogen-bond donors (Lipinski definition) is 0. The lowest BCUT2D eigenvalue weighted by atomic mass is 9.93. The van der Waals surface area contributed by atoms with Crippen molar-refractivity contribution in [1.29, 1.82) is 0 Å². The van der Waals surface area contributed by atoms with Gasteiger partial charge in [-0.1, -0.05) is 346 Å². The fraction of sp³-hybridized carbons (Fsp3) is 0. The topological polar surface area (TPSA) is 147 Å². The van der Waals surface area contributed by atoms with Crippen molar-refractivity contribution >= 4 is 177 Å². The molecule has 17 heteroatoms. The predicted octanol–water partition coefficient (Wildman–Crippen LogP) is 31.8. The first-order valence-electron chi connectivity index (χ1n) is 41.2. The van der Waals surface area contributed by atoms with Crippen molar-refractivity contribution < 1.29 is 13.3 Å². The molecule has 0 fully saturated rings. The van der Waals surface area contributed by atoms with Gasteiger partial charge in [0.15, 0.2) is 0 Å². The van der Waals surface area contributed by atoms with Gasteiger partial charge in [0.1, 0.15) is 21.6 Å². The maximum Gasteiger partial charge on any atom is 0.232 e. The smallest absolute Gasteiger partial charge is 0.232 e. The molecule has 0 bridgehead atoms. The van der Waals surface area contributed by atoms with Crippen LogP contribution in [-0.4, -0.2) is 44.4 Å². The maximum atomic E-state index is 6.64. The summed E-state index contributed by atoms with van der Waals surface area (Å²) in [6, 6.07) is 136. The lowest BCUT2D eigenvalue weighted by molar-refractivity contribution is 0.652. The van der Waals surface area contributed by atoms with E-state index >= 15 is 0 Å². The van der Waals surface area contributed by atoms with Gasteiger partial charge in [0.2, 0.25) is 38.3 Å². The number of aromatic nitrogens is 9. The summed E-state index contributed by atoms with van der Waals surface area (Å²) in [6.07, 6.45) is 0. The van der Waals surface area contributed by atoms with E-state index in [2.05, 4.69) is 294 Å².